The number of carbonyl (C=O) groups excluding carboxylic acids is 1. The fraction of sp³-hybridized carbons (Fsp3) is 0.308. The van der Waals surface area contributed by atoms with Crippen molar-refractivity contribution >= 4 is 5.91 Å². The number of nitrogens with zero attached hydrogens (tertiary/aromatic N) is 2. The van der Waals surface area contributed by atoms with E-state index in [1.54, 1.807) is 0 Å². The first kappa shape index (κ1) is 12.3. The van der Waals surface area contributed by atoms with Crippen LogP contribution in [0.5, 0.6) is 0 Å². The van der Waals surface area contributed by atoms with Crippen LogP contribution in [0.3, 0.4) is 0 Å². The second kappa shape index (κ2) is 5.44. The highest BCUT2D eigenvalue weighted by molar-refractivity contribution is 5.94. The van der Waals surface area contributed by atoms with Crippen LogP contribution in [0.25, 0.3) is 0 Å². The zero-order chi connectivity index (χ0) is 13.0. The molecule has 0 saturated heterocycles. The van der Waals surface area contributed by atoms with Crippen LogP contribution in [0.4, 0.5) is 0 Å². The summed E-state index contributed by atoms with van der Waals surface area (Å²) in [5, 5.41) is 9.37. The monoisotopic (exact) mass is 244 g/mol. The maximum atomic E-state index is 11.9. The molecule has 18 heavy (non-hydrogen) atoms. The Morgan fingerprint density at radius 1 is 1.28 bits per heavy atom. The van der Waals surface area contributed by atoms with Crippen molar-refractivity contribution in [2.24, 2.45) is 0 Å². The smallest absolute Gasteiger partial charge is 0.251 e. The Balaban J connectivity index is 1.91. The number of aromatic nitrogens is 3. The number of carbonyl (C=O) groups is 1. The number of aromatic amines is 1. The van der Waals surface area contributed by atoms with Crippen molar-refractivity contribution in [3.8, 4) is 0 Å². The van der Waals surface area contributed by atoms with E-state index in [2.05, 4.69) is 20.5 Å². The van der Waals surface area contributed by atoms with Gasteiger partial charge in [0.15, 0.2) is 0 Å². The maximum absolute atomic E-state index is 11.9. The van der Waals surface area contributed by atoms with E-state index in [1.165, 1.54) is 6.33 Å². The predicted molar refractivity (Wildman–Crippen MR) is 68.3 cm³/mol. The fourth-order valence-corrected chi connectivity index (χ4v) is 1.85. The number of benzene rings is 1. The van der Waals surface area contributed by atoms with Crippen LogP contribution in [0.15, 0.2) is 24.5 Å². The van der Waals surface area contributed by atoms with E-state index in [-0.39, 0.29) is 5.91 Å². The molecule has 5 heteroatoms. The molecule has 0 aliphatic rings. The molecule has 0 atom stereocenters. The number of aryl methyl sites for hydroxylation is 2. The highest BCUT2D eigenvalue weighted by Gasteiger charge is 2.06. The molecule has 0 unspecified atom stereocenters. The van der Waals surface area contributed by atoms with Crippen LogP contribution >= 0.6 is 0 Å². The SMILES string of the molecule is Cc1cc(C)cc(C(=O)NCCc2ncn[nH]2)c1. The number of nitrogens with one attached hydrogen (secondary N) is 2. The first-order valence-corrected chi connectivity index (χ1v) is 5.86. The Morgan fingerprint density at radius 2 is 2.00 bits per heavy atom. The van der Waals surface area contributed by atoms with Gasteiger partial charge in [-0.05, 0) is 26.0 Å². The Kier molecular flexibility index (Phi) is 3.72. The number of H-pyrrole nitrogens is 1. The molecule has 1 aromatic carbocycles. The summed E-state index contributed by atoms with van der Waals surface area (Å²) in [6.07, 6.45) is 2.11. The summed E-state index contributed by atoms with van der Waals surface area (Å²) in [6.45, 7) is 4.51. The third-order valence-electron chi connectivity index (χ3n) is 2.60. The second-order valence-electron chi connectivity index (χ2n) is 4.31. The lowest BCUT2D eigenvalue weighted by atomic mass is 10.1. The van der Waals surface area contributed by atoms with Gasteiger partial charge >= 0.3 is 0 Å². The summed E-state index contributed by atoms with van der Waals surface area (Å²) < 4.78 is 0. The first-order valence-electron chi connectivity index (χ1n) is 5.86. The molecule has 0 fully saturated rings. The Bertz CT molecular complexity index is 514. The second-order valence-corrected chi connectivity index (χ2v) is 4.31. The summed E-state index contributed by atoms with van der Waals surface area (Å²) in [5.41, 5.74) is 2.89. The van der Waals surface area contributed by atoms with E-state index in [4.69, 9.17) is 0 Å². The molecular weight excluding hydrogens is 228 g/mol. The van der Waals surface area contributed by atoms with Crippen LogP contribution < -0.4 is 5.32 Å². The molecule has 0 spiro atoms. The van der Waals surface area contributed by atoms with Crippen molar-refractivity contribution in [2.75, 3.05) is 6.54 Å². The van der Waals surface area contributed by atoms with Crippen LogP contribution in [-0.4, -0.2) is 27.6 Å². The molecule has 1 heterocycles. The van der Waals surface area contributed by atoms with Gasteiger partial charge in [-0.1, -0.05) is 17.2 Å². The third kappa shape index (κ3) is 3.16. The highest BCUT2D eigenvalue weighted by atomic mass is 16.1. The van der Waals surface area contributed by atoms with E-state index in [0.29, 0.717) is 18.5 Å². The number of rotatable bonds is 4. The van der Waals surface area contributed by atoms with Gasteiger partial charge < -0.3 is 5.32 Å². The molecule has 2 N–H and O–H groups in total. The average molecular weight is 244 g/mol. The van der Waals surface area contributed by atoms with E-state index < -0.39 is 0 Å². The molecule has 94 valence electrons. The topological polar surface area (TPSA) is 70.7 Å². The van der Waals surface area contributed by atoms with E-state index in [1.807, 2.05) is 32.0 Å². The van der Waals surface area contributed by atoms with Crippen LogP contribution in [0.2, 0.25) is 0 Å². The van der Waals surface area contributed by atoms with Crippen LogP contribution in [-0.2, 0) is 6.42 Å². The van der Waals surface area contributed by atoms with Crippen molar-refractivity contribution in [3.63, 3.8) is 0 Å². The highest BCUT2D eigenvalue weighted by Crippen LogP contribution is 2.08. The number of amides is 1. The lowest BCUT2D eigenvalue weighted by Crippen LogP contribution is -2.26. The molecule has 5 nitrogen and oxygen atoms in total. The molecule has 0 aliphatic heterocycles. The molecule has 0 aliphatic carbocycles. The molecule has 1 amide bonds. The molecule has 0 bridgehead atoms. The quantitative estimate of drug-likeness (QED) is 0.854. The lowest BCUT2D eigenvalue weighted by molar-refractivity contribution is 0.0954. The summed E-state index contributed by atoms with van der Waals surface area (Å²) in [6, 6.07) is 5.82. The molecule has 0 radical (unpaired) electrons. The maximum Gasteiger partial charge on any atom is 0.251 e. The summed E-state index contributed by atoms with van der Waals surface area (Å²) in [5.74, 6) is 0.719. The van der Waals surface area contributed by atoms with Crippen LogP contribution in [0.1, 0.15) is 27.3 Å². The Morgan fingerprint density at radius 3 is 2.61 bits per heavy atom. The lowest BCUT2D eigenvalue weighted by Gasteiger charge is -2.06. The van der Waals surface area contributed by atoms with Gasteiger partial charge in [0.05, 0.1) is 0 Å². The van der Waals surface area contributed by atoms with E-state index >= 15 is 0 Å². The normalized spacial score (nSPS) is 10.3. The van der Waals surface area contributed by atoms with Crippen molar-refractivity contribution in [2.45, 2.75) is 20.3 Å². The van der Waals surface area contributed by atoms with E-state index in [0.717, 1.165) is 17.0 Å². The average Bonchev–Trinajstić information content (AvgIpc) is 2.80. The largest absolute Gasteiger partial charge is 0.352 e. The van der Waals surface area contributed by atoms with Gasteiger partial charge in [-0.15, -0.1) is 0 Å². The minimum absolute atomic E-state index is 0.0543. The van der Waals surface area contributed by atoms with Crippen molar-refractivity contribution in [1.29, 1.82) is 0 Å². The van der Waals surface area contributed by atoms with E-state index in [9.17, 15) is 4.79 Å². The minimum atomic E-state index is -0.0543. The molecule has 2 rings (SSSR count). The van der Waals surface area contributed by atoms with Crippen molar-refractivity contribution < 1.29 is 4.79 Å². The fourth-order valence-electron chi connectivity index (χ4n) is 1.85. The zero-order valence-corrected chi connectivity index (χ0v) is 10.5. The Labute approximate surface area is 106 Å². The predicted octanol–water partition coefficient (Wildman–Crippen LogP) is 1.39. The van der Waals surface area contributed by atoms with Gasteiger partial charge in [0.1, 0.15) is 12.2 Å². The molecule has 2 aromatic rings. The van der Waals surface area contributed by atoms with Gasteiger partial charge in [0, 0.05) is 18.5 Å². The van der Waals surface area contributed by atoms with Gasteiger partial charge in [-0.3, -0.25) is 9.89 Å². The van der Waals surface area contributed by atoms with Gasteiger partial charge in [0.2, 0.25) is 0 Å². The standard InChI is InChI=1S/C13H16N4O/c1-9-5-10(2)7-11(6-9)13(18)14-4-3-12-15-8-16-17-12/h5-8H,3-4H2,1-2H3,(H,14,18)(H,15,16,17). The van der Waals surface area contributed by atoms with Gasteiger partial charge in [0.25, 0.3) is 5.91 Å². The van der Waals surface area contributed by atoms with Gasteiger partial charge in [-0.2, -0.15) is 5.10 Å². The number of hydrogen-bond donors (Lipinski definition) is 2. The molecule has 1 aromatic heterocycles. The van der Waals surface area contributed by atoms with Gasteiger partial charge in [-0.25, -0.2) is 4.98 Å². The zero-order valence-electron chi connectivity index (χ0n) is 10.5. The summed E-state index contributed by atoms with van der Waals surface area (Å²) >= 11 is 0. The molecule has 0 saturated carbocycles. The van der Waals surface area contributed by atoms with Crippen molar-refractivity contribution in [3.05, 3.63) is 47.0 Å². The summed E-state index contributed by atoms with van der Waals surface area (Å²) in [4.78, 5) is 15.9. The summed E-state index contributed by atoms with van der Waals surface area (Å²) in [7, 11) is 0. The molecular formula is C13H16N4O. The van der Waals surface area contributed by atoms with Crippen molar-refractivity contribution in [1.82, 2.24) is 20.5 Å². The van der Waals surface area contributed by atoms with Crippen LogP contribution in [0, 0.1) is 13.8 Å². The Hall–Kier alpha value is -2.17. The third-order valence-corrected chi connectivity index (χ3v) is 2.60. The minimum Gasteiger partial charge on any atom is -0.352 e. The first-order chi connectivity index (χ1) is 8.65. The number of hydrogen-bond acceptors (Lipinski definition) is 3.